The van der Waals surface area contributed by atoms with Gasteiger partial charge in [-0.15, -0.1) is 0 Å². The highest BCUT2D eigenvalue weighted by molar-refractivity contribution is 6.31. The summed E-state index contributed by atoms with van der Waals surface area (Å²) in [5, 5.41) is 8.90. The van der Waals surface area contributed by atoms with Crippen molar-refractivity contribution in [3.05, 3.63) is 107 Å². The van der Waals surface area contributed by atoms with E-state index in [4.69, 9.17) is 16.1 Å². The number of aryl methyl sites for hydroxylation is 2. The molecule has 0 saturated carbocycles. The summed E-state index contributed by atoms with van der Waals surface area (Å²) < 4.78 is 5.35. The molecule has 2 heterocycles. The molecule has 5 rings (SSSR count). The number of benzene rings is 3. The predicted molar refractivity (Wildman–Crippen MR) is 137 cm³/mol. The normalized spacial score (nSPS) is 12.1. The first-order valence-electron chi connectivity index (χ1n) is 11.6. The molecule has 6 nitrogen and oxygen atoms in total. The molecular formula is C28H25ClN4O2. The van der Waals surface area contributed by atoms with Crippen LogP contribution < -0.4 is 5.32 Å². The summed E-state index contributed by atoms with van der Waals surface area (Å²) >= 11 is 6.55. The number of fused-ring (bicyclic) bond motifs is 1. The van der Waals surface area contributed by atoms with E-state index in [0.29, 0.717) is 29.7 Å². The third-order valence-corrected chi connectivity index (χ3v) is 6.47. The molecule has 0 aliphatic carbocycles. The number of amides is 1. The Morgan fingerprint density at radius 1 is 1.03 bits per heavy atom. The SMILES string of the molecule is Cc1ccc(-c2noc(CCC(=O)NCC(c3ccccc3Cl)c3c[nH]c4ccccc34)n2)cc1. The molecule has 0 spiro atoms. The minimum atomic E-state index is -0.0969. The van der Waals surface area contributed by atoms with Gasteiger partial charge in [-0.05, 0) is 30.2 Å². The third-order valence-electron chi connectivity index (χ3n) is 6.12. The number of H-pyrrole nitrogens is 1. The molecule has 2 N–H and O–H groups in total. The van der Waals surface area contributed by atoms with E-state index in [9.17, 15) is 4.79 Å². The van der Waals surface area contributed by atoms with Crippen molar-refractivity contribution in [2.24, 2.45) is 0 Å². The Hall–Kier alpha value is -3.90. The van der Waals surface area contributed by atoms with Crippen molar-refractivity contribution >= 4 is 28.4 Å². The van der Waals surface area contributed by atoms with Crippen molar-refractivity contribution in [3.63, 3.8) is 0 Å². The van der Waals surface area contributed by atoms with Crippen LogP contribution in [0.4, 0.5) is 0 Å². The summed E-state index contributed by atoms with van der Waals surface area (Å²) in [6, 6.07) is 23.8. The van der Waals surface area contributed by atoms with Crippen LogP contribution in [0, 0.1) is 6.92 Å². The zero-order chi connectivity index (χ0) is 24.2. The van der Waals surface area contributed by atoms with Gasteiger partial charge in [0.15, 0.2) is 0 Å². The lowest BCUT2D eigenvalue weighted by Crippen LogP contribution is -2.29. The van der Waals surface area contributed by atoms with Gasteiger partial charge in [0.05, 0.1) is 0 Å². The van der Waals surface area contributed by atoms with Crippen molar-refractivity contribution < 1.29 is 9.32 Å². The van der Waals surface area contributed by atoms with Crippen LogP contribution >= 0.6 is 11.6 Å². The molecule has 1 amide bonds. The second-order valence-electron chi connectivity index (χ2n) is 8.55. The number of hydrogen-bond acceptors (Lipinski definition) is 4. The number of hydrogen-bond donors (Lipinski definition) is 2. The minimum absolute atomic E-state index is 0.0861. The van der Waals surface area contributed by atoms with Crippen molar-refractivity contribution in [3.8, 4) is 11.4 Å². The molecule has 7 heteroatoms. The maximum absolute atomic E-state index is 12.7. The Labute approximate surface area is 208 Å². The van der Waals surface area contributed by atoms with Crippen LogP contribution in [0.2, 0.25) is 5.02 Å². The van der Waals surface area contributed by atoms with Gasteiger partial charge >= 0.3 is 0 Å². The first kappa shape index (κ1) is 22.9. The highest BCUT2D eigenvalue weighted by atomic mass is 35.5. The molecule has 0 radical (unpaired) electrons. The Bertz CT molecular complexity index is 1460. The van der Waals surface area contributed by atoms with Gasteiger partial charge in [0, 0.05) is 53.0 Å². The first-order valence-corrected chi connectivity index (χ1v) is 11.9. The molecule has 0 aliphatic rings. The molecule has 5 aromatic rings. The van der Waals surface area contributed by atoms with Gasteiger partial charge < -0.3 is 14.8 Å². The minimum Gasteiger partial charge on any atom is -0.361 e. The van der Waals surface area contributed by atoms with Gasteiger partial charge in [0.1, 0.15) is 0 Å². The lowest BCUT2D eigenvalue weighted by atomic mass is 9.90. The van der Waals surface area contributed by atoms with Gasteiger partial charge in [0.25, 0.3) is 0 Å². The Kier molecular flexibility index (Phi) is 6.64. The summed E-state index contributed by atoms with van der Waals surface area (Å²) in [5.41, 5.74) is 5.16. The zero-order valence-electron chi connectivity index (χ0n) is 19.3. The van der Waals surface area contributed by atoms with Gasteiger partial charge in [0.2, 0.25) is 17.6 Å². The first-order chi connectivity index (χ1) is 17.1. The number of rotatable bonds is 8. The fraction of sp³-hybridized carbons (Fsp3) is 0.179. The van der Waals surface area contributed by atoms with Crippen LogP contribution in [0.5, 0.6) is 0 Å². The fourth-order valence-corrected chi connectivity index (χ4v) is 4.50. The summed E-state index contributed by atoms with van der Waals surface area (Å²) in [4.78, 5) is 20.5. The molecule has 0 saturated heterocycles. The van der Waals surface area contributed by atoms with Crippen molar-refractivity contribution in [2.75, 3.05) is 6.54 Å². The Balaban J connectivity index is 1.27. The van der Waals surface area contributed by atoms with E-state index in [1.165, 1.54) is 0 Å². The number of nitrogens with zero attached hydrogens (tertiary/aromatic N) is 2. The van der Waals surface area contributed by atoms with E-state index >= 15 is 0 Å². The van der Waals surface area contributed by atoms with E-state index in [2.05, 4.69) is 26.5 Å². The Morgan fingerprint density at radius 2 is 1.80 bits per heavy atom. The standard InChI is InChI=1S/C28H25ClN4O2/c1-18-10-12-19(13-11-18)28-32-27(35-33-28)15-14-26(34)31-17-22(20-6-2-4-8-24(20)29)23-16-30-25-9-5-3-7-21(23)25/h2-13,16,22,30H,14-15,17H2,1H3,(H,31,34). The van der Waals surface area contributed by atoms with Crippen LogP contribution in [-0.2, 0) is 11.2 Å². The molecule has 0 bridgehead atoms. The monoisotopic (exact) mass is 484 g/mol. The van der Waals surface area contributed by atoms with Crippen LogP contribution in [0.25, 0.3) is 22.3 Å². The van der Waals surface area contributed by atoms with Gasteiger partial charge in [-0.3, -0.25) is 4.79 Å². The van der Waals surface area contributed by atoms with Gasteiger partial charge in [-0.1, -0.05) is 83.0 Å². The summed E-state index contributed by atoms with van der Waals surface area (Å²) in [6.45, 7) is 2.45. The Morgan fingerprint density at radius 3 is 2.63 bits per heavy atom. The largest absolute Gasteiger partial charge is 0.361 e. The second-order valence-corrected chi connectivity index (χ2v) is 8.95. The molecule has 0 aliphatic heterocycles. The van der Waals surface area contributed by atoms with Crippen LogP contribution in [0.1, 0.15) is 34.9 Å². The lowest BCUT2D eigenvalue weighted by Gasteiger charge is -2.19. The molecule has 3 aromatic carbocycles. The van der Waals surface area contributed by atoms with Gasteiger partial charge in [-0.2, -0.15) is 4.98 Å². The number of carbonyl (C=O) groups is 1. The summed E-state index contributed by atoms with van der Waals surface area (Å²) in [6.07, 6.45) is 2.61. The second kappa shape index (κ2) is 10.2. The van der Waals surface area contributed by atoms with Crippen molar-refractivity contribution in [1.82, 2.24) is 20.4 Å². The van der Waals surface area contributed by atoms with E-state index in [-0.39, 0.29) is 18.2 Å². The number of aromatic nitrogens is 3. The molecule has 1 atom stereocenters. The molecule has 0 fully saturated rings. The molecule has 176 valence electrons. The predicted octanol–water partition coefficient (Wildman–Crippen LogP) is 6.06. The molecule has 35 heavy (non-hydrogen) atoms. The maximum atomic E-state index is 12.7. The number of para-hydroxylation sites is 1. The highest BCUT2D eigenvalue weighted by Crippen LogP contribution is 2.34. The number of aromatic amines is 1. The summed E-state index contributed by atoms with van der Waals surface area (Å²) in [7, 11) is 0. The van der Waals surface area contributed by atoms with Gasteiger partial charge in [-0.25, -0.2) is 0 Å². The number of halogens is 1. The molecular weight excluding hydrogens is 460 g/mol. The maximum Gasteiger partial charge on any atom is 0.227 e. The van der Waals surface area contributed by atoms with Crippen molar-refractivity contribution in [2.45, 2.75) is 25.7 Å². The van der Waals surface area contributed by atoms with Crippen LogP contribution in [0.15, 0.2) is 83.5 Å². The topological polar surface area (TPSA) is 83.8 Å². The fourth-order valence-electron chi connectivity index (χ4n) is 4.23. The summed E-state index contributed by atoms with van der Waals surface area (Å²) in [5.74, 6) is 0.783. The highest BCUT2D eigenvalue weighted by Gasteiger charge is 2.21. The van der Waals surface area contributed by atoms with E-state index < -0.39 is 0 Å². The van der Waals surface area contributed by atoms with E-state index in [0.717, 1.165) is 33.2 Å². The number of nitrogens with one attached hydrogen (secondary N) is 2. The smallest absolute Gasteiger partial charge is 0.227 e. The molecule has 1 unspecified atom stereocenters. The lowest BCUT2D eigenvalue weighted by molar-refractivity contribution is -0.121. The van der Waals surface area contributed by atoms with Crippen LogP contribution in [0.3, 0.4) is 0 Å². The zero-order valence-corrected chi connectivity index (χ0v) is 20.0. The van der Waals surface area contributed by atoms with E-state index in [1.807, 2.05) is 79.9 Å². The third kappa shape index (κ3) is 5.12. The molecule has 2 aromatic heterocycles. The average molecular weight is 485 g/mol. The van der Waals surface area contributed by atoms with Crippen LogP contribution in [-0.4, -0.2) is 27.6 Å². The quantitative estimate of drug-likeness (QED) is 0.280. The van der Waals surface area contributed by atoms with E-state index in [1.54, 1.807) is 0 Å². The number of carbonyl (C=O) groups excluding carboxylic acids is 1. The average Bonchev–Trinajstić information content (AvgIpc) is 3.52. The van der Waals surface area contributed by atoms with Crippen molar-refractivity contribution in [1.29, 1.82) is 0 Å².